The number of likely N-dealkylation sites (N-methyl/N-ethyl adjacent to an activating group) is 1. The number of allylic oxidation sites excluding steroid dienone is 11. The molecule has 0 aromatic heterocycles. The molecule has 0 radical (unpaired) electrons. The van der Waals surface area contributed by atoms with Crippen molar-refractivity contribution in [3.8, 4) is 0 Å². The maximum atomic E-state index is 12.8. The summed E-state index contributed by atoms with van der Waals surface area (Å²) in [5, 5.41) is 13.7. The Morgan fingerprint density at radius 2 is 1.11 bits per heavy atom. The molecule has 8 nitrogen and oxygen atoms in total. The first-order valence-electron chi connectivity index (χ1n) is 21.8. The van der Waals surface area contributed by atoms with Gasteiger partial charge in [0.05, 0.1) is 39.9 Å². The molecule has 0 rings (SSSR count). The maximum Gasteiger partial charge on any atom is 0.268 e. The van der Waals surface area contributed by atoms with Gasteiger partial charge in [-0.05, 0) is 64.2 Å². The minimum absolute atomic E-state index is 0.00613. The van der Waals surface area contributed by atoms with Crippen LogP contribution < -0.4 is 10.2 Å². The number of hydrogen-bond donors (Lipinski definition) is 2. The predicted molar refractivity (Wildman–Crippen MR) is 233 cm³/mol. The van der Waals surface area contributed by atoms with Crippen molar-refractivity contribution in [2.75, 3.05) is 40.9 Å². The van der Waals surface area contributed by atoms with Crippen molar-refractivity contribution in [3.63, 3.8) is 0 Å². The maximum absolute atomic E-state index is 12.8. The molecule has 3 unspecified atom stereocenters. The van der Waals surface area contributed by atoms with Crippen molar-refractivity contribution < 1.29 is 32.9 Å². The Morgan fingerprint density at radius 1 is 0.655 bits per heavy atom. The molecule has 2 N–H and O–H groups in total. The van der Waals surface area contributed by atoms with Crippen LogP contribution in [0.25, 0.3) is 0 Å². The number of aliphatic hydroxyl groups excluding tert-OH is 1. The second kappa shape index (κ2) is 37.5. The van der Waals surface area contributed by atoms with E-state index in [1.807, 2.05) is 27.2 Å². The van der Waals surface area contributed by atoms with E-state index in [-0.39, 0.29) is 19.1 Å². The molecule has 0 saturated carbocycles. The van der Waals surface area contributed by atoms with Gasteiger partial charge in [0.25, 0.3) is 7.82 Å². The summed E-state index contributed by atoms with van der Waals surface area (Å²) in [6.45, 7) is 4.46. The van der Waals surface area contributed by atoms with Crippen LogP contribution in [0, 0.1) is 0 Å². The highest BCUT2D eigenvalue weighted by Gasteiger charge is 2.23. The van der Waals surface area contributed by atoms with E-state index >= 15 is 0 Å². The topological polar surface area (TPSA) is 108 Å². The Labute approximate surface area is 338 Å². The summed E-state index contributed by atoms with van der Waals surface area (Å²) in [5.41, 5.74) is 0. The first kappa shape index (κ1) is 52.9. The summed E-state index contributed by atoms with van der Waals surface area (Å²) in [7, 11) is 1.24. The van der Waals surface area contributed by atoms with Gasteiger partial charge in [-0.3, -0.25) is 9.36 Å². The molecule has 0 fully saturated rings. The summed E-state index contributed by atoms with van der Waals surface area (Å²) >= 11 is 0. The van der Waals surface area contributed by atoms with E-state index in [0.717, 1.165) is 77.0 Å². The van der Waals surface area contributed by atoms with Crippen molar-refractivity contribution in [1.29, 1.82) is 0 Å². The van der Waals surface area contributed by atoms with E-state index in [0.29, 0.717) is 17.4 Å². The number of carbonyl (C=O) groups is 1. The Kier molecular flexibility index (Phi) is 36.1. The van der Waals surface area contributed by atoms with E-state index < -0.39 is 20.0 Å². The fourth-order valence-electron chi connectivity index (χ4n) is 5.71. The van der Waals surface area contributed by atoms with Crippen LogP contribution >= 0.6 is 7.82 Å². The van der Waals surface area contributed by atoms with Gasteiger partial charge in [-0.25, -0.2) is 0 Å². The molecule has 1 amide bonds. The zero-order valence-electron chi connectivity index (χ0n) is 35.9. The van der Waals surface area contributed by atoms with Gasteiger partial charge in [0.15, 0.2) is 0 Å². The van der Waals surface area contributed by atoms with Gasteiger partial charge in [-0.15, -0.1) is 0 Å². The third kappa shape index (κ3) is 40.0. The third-order valence-electron chi connectivity index (χ3n) is 9.17. The van der Waals surface area contributed by atoms with Gasteiger partial charge in [-0.2, -0.15) is 0 Å². The summed E-state index contributed by atoms with van der Waals surface area (Å²) < 4.78 is 23.1. The lowest BCUT2D eigenvalue weighted by Crippen LogP contribution is -2.45. The van der Waals surface area contributed by atoms with Crippen LogP contribution in [0.5, 0.6) is 0 Å². The molecule has 0 heterocycles. The molecule has 0 aromatic rings. The second-order valence-electron chi connectivity index (χ2n) is 15.7. The lowest BCUT2D eigenvalue weighted by atomic mass is 10.0. The van der Waals surface area contributed by atoms with Gasteiger partial charge >= 0.3 is 0 Å². The van der Waals surface area contributed by atoms with Gasteiger partial charge in [0, 0.05) is 6.42 Å². The molecule has 0 saturated heterocycles. The number of phosphoric acid groups is 1. The molecule has 55 heavy (non-hydrogen) atoms. The quantitative estimate of drug-likeness (QED) is 0.0279. The minimum atomic E-state index is -4.58. The summed E-state index contributed by atoms with van der Waals surface area (Å²) in [4.78, 5) is 25.2. The van der Waals surface area contributed by atoms with Gasteiger partial charge in [0.2, 0.25) is 5.91 Å². The number of carbonyl (C=O) groups excluding carboxylic acids is 1. The van der Waals surface area contributed by atoms with Crippen molar-refractivity contribution >= 4 is 13.7 Å². The van der Waals surface area contributed by atoms with Crippen LogP contribution in [-0.4, -0.2) is 68.5 Å². The average Bonchev–Trinajstić information content (AvgIpc) is 3.13. The molecule has 0 spiro atoms. The molecule has 0 bridgehead atoms. The van der Waals surface area contributed by atoms with Crippen LogP contribution in [0.15, 0.2) is 72.9 Å². The van der Waals surface area contributed by atoms with Crippen LogP contribution in [0.2, 0.25) is 0 Å². The number of phosphoric ester groups is 1. The van der Waals surface area contributed by atoms with E-state index in [4.69, 9.17) is 9.05 Å². The van der Waals surface area contributed by atoms with E-state index in [1.165, 1.54) is 64.2 Å². The van der Waals surface area contributed by atoms with Crippen molar-refractivity contribution in [2.24, 2.45) is 0 Å². The number of quaternary nitrogens is 1. The number of unbranched alkanes of at least 4 members (excludes halogenated alkanes) is 15. The van der Waals surface area contributed by atoms with Crippen LogP contribution in [0.1, 0.15) is 162 Å². The average molecular weight is 791 g/mol. The van der Waals surface area contributed by atoms with E-state index in [2.05, 4.69) is 79.9 Å². The van der Waals surface area contributed by atoms with E-state index in [9.17, 15) is 19.4 Å². The summed E-state index contributed by atoms with van der Waals surface area (Å²) in [5.74, 6) is -0.212. The second-order valence-corrected chi connectivity index (χ2v) is 17.1. The number of hydrogen-bond acceptors (Lipinski definition) is 6. The fourth-order valence-corrected chi connectivity index (χ4v) is 6.43. The summed E-state index contributed by atoms with van der Waals surface area (Å²) in [6.07, 6.45) is 49.6. The molecule has 0 aromatic carbocycles. The normalized spacial score (nSPS) is 15.1. The first-order chi connectivity index (χ1) is 26.5. The highest BCUT2D eigenvalue weighted by Crippen LogP contribution is 2.38. The SMILES string of the molecule is CC/C=C\C/C=C\C/C=C\C/C=C\C/C=C\CCCCCCCCCCCC(=O)NC(COP(=O)([O-])OCC[N+](C)(C)C)C(O)/C=C/CCCCCCCC. The molecule has 0 aliphatic heterocycles. The molecular weight excluding hydrogens is 707 g/mol. The minimum Gasteiger partial charge on any atom is -0.756 e. The van der Waals surface area contributed by atoms with Crippen molar-refractivity contribution in [2.45, 2.75) is 174 Å². The predicted octanol–water partition coefficient (Wildman–Crippen LogP) is 11.4. The molecule has 9 heteroatoms. The lowest BCUT2D eigenvalue weighted by molar-refractivity contribution is -0.870. The fraction of sp³-hybridized carbons (Fsp3) is 0.717. The van der Waals surface area contributed by atoms with Crippen LogP contribution in [0.3, 0.4) is 0 Å². The standard InChI is InChI=1S/C46H83N2O6P/c1-6-8-10-12-14-16-17-18-19-20-21-22-23-24-25-26-27-28-29-30-31-32-34-36-38-40-46(50)47-44(43-54-55(51,52)53-42-41-48(3,4)5)45(49)39-37-35-33-15-13-11-9-7-2/h8,10,14,16,18-19,21-22,24-25,37,39,44-45,49H,6-7,9,11-13,15,17,20,23,26-36,38,40-43H2,1-5H3,(H-,47,50,51,52)/b10-8-,16-14-,19-18-,22-21-,25-24-,39-37+. The lowest BCUT2D eigenvalue weighted by Gasteiger charge is -2.29. The Balaban J connectivity index is 4.23. The highest BCUT2D eigenvalue weighted by molar-refractivity contribution is 7.45. The number of nitrogens with one attached hydrogen (secondary N) is 1. The highest BCUT2D eigenvalue weighted by atomic mass is 31.2. The molecule has 0 aliphatic rings. The van der Waals surface area contributed by atoms with Crippen molar-refractivity contribution in [3.05, 3.63) is 72.9 Å². The summed E-state index contributed by atoms with van der Waals surface area (Å²) in [6, 6.07) is -0.890. The molecule has 0 aliphatic carbocycles. The Morgan fingerprint density at radius 3 is 1.62 bits per heavy atom. The van der Waals surface area contributed by atoms with E-state index in [1.54, 1.807) is 6.08 Å². The van der Waals surface area contributed by atoms with Gasteiger partial charge in [0.1, 0.15) is 13.2 Å². The molecule has 318 valence electrons. The third-order valence-corrected chi connectivity index (χ3v) is 10.1. The smallest absolute Gasteiger partial charge is 0.268 e. The largest absolute Gasteiger partial charge is 0.756 e. The molecule has 3 atom stereocenters. The number of nitrogens with zero attached hydrogens (tertiary/aromatic N) is 1. The van der Waals surface area contributed by atoms with Gasteiger partial charge in [-0.1, -0.05) is 164 Å². The van der Waals surface area contributed by atoms with Crippen molar-refractivity contribution in [1.82, 2.24) is 5.32 Å². The number of amides is 1. The van der Waals surface area contributed by atoms with Gasteiger partial charge < -0.3 is 28.8 Å². The first-order valence-corrected chi connectivity index (χ1v) is 23.3. The number of aliphatic hydroxyl groups is 1. The molecular formula is C46H83N2O6P. The zero-order chi connectivity index (χ0) is 40.7. The Bertz CT molecular complexity index is 1120. The monoisotopic (exact) mass is 791 g/mol. The van der Waals surface area contributed by atoms with Crippen LogP contribution in [0.4, 0.5) is 0 Å². The number of rotatable bonds is 38. The van der Waals surface area contributed by atoms with Crippen LogP contribution in [-0.2, 0) is 18.4 Å². The zero-order valence-corrected chi connectivity index (χ0v) is 36.7. The Hall–Kier alpha value is -2.06.